The molecule has 1 N–H and O–H groups in total. The molecule has 0 amide bonds. The molecule has 0 aliphatic carbocycles. The molecule has 0 aromatic heterocycles. The van der Waals surface area contributed by atoms with Gasteiger partial charge in [-0.15, -0.1) is 0 Å². The van der Waals surface area contributed by atoms with Crippen LogP contribution in [-0.4, -0.2) is 61.8 Å². The summed E-state index contributed by atoms with van der Waals surface area (Å²) in [5, 5.41) is 10.4. The van der Waals surface area contributed by atoms with Crippen LogP contribution in [0.15, 0.2) is 24.3 Å². The second kappa shape index (κ2) is 9.77. The lowest BCUT2D eigenvalue weighted by Gasteiger charge is -2.26. The van der Waals surface area contributed by atoms with Gasteiger partial charge in [-0.25, -0.2) is 0 Å². The monoisotopic (exact) mass is 294 g/mol. The molecule has 0 spiro atoms. The predicted molar refractivity (Wildman–Crippen MR) is 87.9 cm³/mol. The summed E-state index contributed by atoms with van der Waals surface area (Å²) < 4.78 is 5.43. The van der Waals surface area contributed by atoms with Crippen LogP contribution < -0.4 is 4.74 Å². The molecule has 0 fully saturated rings. The molecule has 4 heteroatoms. The van der Waals surface area contributed by atoms with Gasteiger partial charge in [0, 0.05) is 19.6 Å². The Morgan fingerprint density at radius 2 is 1.71 bits per heavy atom. The van der Waals surface area contributed by atoms with Crippen LogP contribution in [0, 0.1) is 0 Å². The lowest BCUT2D eigenvalue weighted by molar-refractivity contribution is 0.108. The zero-order valence-corrected chi connectivity index (χ0v) is 13.9. The zero-order chi connectivity index (χ0) is 15.7. The molecule has 120 valence electrons. The molecule has 0 bridgehead atoms. The van der Waals surface area contributed by atoms with E-state index in [1.165, 1.54) is 0 Å². The number of ether oxygens (including phenoxy) is 1. The van der Waals surface area contributed by atoms with Gasteiger partial charge in [0.25, 0.3) is 0 Å². The lowest BCUT2D eigenvalue weighted by Crippen LogP contribution is -2.35. The topological polar surface area (TPSA) is 35.9 Å². The van der Waals surface area contributed by atoms with E-state index in [1.54, 1.807) is 0 Å². The SMILES string of the molecule is CCCN(CCN(C)C)CC(O)c1ccc(OCC)cc1. The summed E-state index contributed by atoms with van der Waals surface area (Å²) in [5.74, 6) is 0.853. The third kappa shape index (κ3) is 6.93. The molecule has 1 rings (SSSR count). The molecule has 0 heterocycles. The standard InChI is InChI=1S/C17H30N2O2/c1-5-11-19(13-12-18(3)4)14-17(20)15-7-9-16(10-8-15)21-6-2/h7-10,17,20H,5-6,11-14H2,1-4H3. The molecule has 21 heavy (non-hydrogen) atoms. The molecule has 0 saturated carbocycles. The fourth-order valence-corrected chi connectivity index (χ4v) is 2.25. The van der Waals surface area contributed by atoms with Crippen molar-refractivity contribution < 1.29 is 9.84 Å². The Bertz CT molecular complexity index is 379. The number of hydrogen-bond donors (Lipinski definition) is 1. The Balaban J connectivity index is 2.56. The molecule has 1 unspecified atom stereocenters. The second-order valence-corrected chi connectivity index (χ2v) is 5.62. The largest absolute Gasteiger partial charge is 0.494 e. The van der Waals surface area contributed by atoms with Crippen LogP contribution in [0.2, 0.25) is 0 Å². The van der Waals surface area contributed by atoms with E-state index in [1.807, 2.05) is 31.2 Å². The van der Waals surface area contributed by atoms with Crippen LogP contribution in [0.5, 0.6) is 5.75 Å². The summed E-state index contributed by atoms with van der Waals surface area (Å²) in [4.78, 5) is 4.49. The first-order chi connectivity index (χ1) is 10.1. The average molecular weight is 294 g/mol. The highest BCUT2D eigenvalue weighted by molar-refractivity contribution is 5.28. The van der Waals surface area contributed by atoms with Crippen molar-refractivity contribution in [1.82, 2.24) is 9.80 Å². The zero-order valence-electron chi connectivity index (χ0n) is 13.9. The van der Waals surface area contributed by atoms with Gasteiger partial charge in [-0.2, -0.15) is 0 Å². The second-order valence-electron chi connectivity index (χ2n) is 5.62. The number of nitrogens with zero attached hydrogens (tertiary/aromatic N) is 2. The Labute approximate surface area is 129 Å². The van der Waals surface area contributed by atoms with Gasteiger partial charge in [0.2, 0.25) is 0 Å². The summed E-state index contributed by atoms with van der Waals surface area (Å²) in [7, 11) is 4.15. The van der Waals surface area contributed by atoms with E-state index in [-0.39, 0.29) is 0 Å². The number of rotatable bonds is 10. The summed E-state index contributed by atoms with van der Waals surface area (Å²) >= 11 is 0. The summed E-state index contributed by atoms with van der Waals surface area (Å²) in [5.41, 5.74) is 0.949. The minimum atomic E-state index is -0.450. The molecule has 0 saturated heterocycles. The van der Waals surface area contributed by atoms with E-state index < -0.39 is 6.10 Å². The van der Waals surface area contributed by atoms with E-state index in [4.69, 9.17) is 4.74 Å². The van der Waals surface area contributed by atoms with Gasteiger partial charge >= 0.3 is 0 Å². The third-order valence-electron chi connectivity index (χ3n) is 3.41. The normalized spacial score (nSPS) is 12.9. The van der Waals surface area contributed by atoms with Crippen molar-refractivity contribution in [2.24, 2.45) is 0 Å². The maximum absolute atomic E-state index is 10.4. The number of aliphatic hydroxyl groups excluding tert-OH is 1. The van der Waals surface area contributed by atoms with Gasteiger partial charge in [-0.05, 0) is 51.7 Å². The van der Waals surface area contributed by atoms with Crippen molar-refractivity contribution in [1.29, 1.82) is 0 Å². The first-order valence-corrected chi connectivity index (χ1v) is 7.84. The van der Waals surface area contributed by atoms with Crippen LogP contribution in [0.4, 0.5) is 0 Å². The maximum Gasteiger partial charge on any atom is 0.119 e. The summed E-state index contributed by atoms with van der Waals surface area (Å²) in [6.45, 7) is 8.49. The fourth-order valence-electron chi connectivity index (χ4n) is 2.25. The fraction of sp³-hybridized carbons (Fsp3) is 0.647. The average Bonchev–Trinajstić information content (AvgIpc) is 2.46. The van der Waals surface area contributed by atoms with Gasteiger partial charge in [0.05, 0.1) is 12.7 Å². The summed E-state index contributed by atoms with van der Waals surface area (Å²) in [6.07, 6.45) is 0.651. The Kier molecular flexibility index (Phi) is 8.35. The molecule has 1 atom stereocenters. The quantitative estimate of drug-likeness (QED) is 0.719. The number of aliphatic hydroxyl groups is 1. The van der Waals surface area contributed by atoms with Crippen LogP contribution in [-0.2, 0) is 0 Å². The molecule has 4 nitrogen and oxygen atoms in total. The first-order valence-electron chi connectivity index (χ1n) is 7.84. The number of hydrogen-bond acceptors (Lipinski definition) is 4. The van der Waals surface area contributed by atoms with Crippen molar-refractivity contribution in [3.63, 3.8) is 0 Å². The highest BCUT2D eigenvalue weighted by atomic mass is 16.5. The maximum atomic E-state index is 10.4. The van der Waals surface area contributed by atoms with Crippen LogP contribution in [0.3, 0.4) is 0 Å². The highest BCUT2D eigenvalue weighted by Crippen LogP contribution is 2.19. The third-order valence-corrected chi connectivity index (χ3v) is 3.41. The number of likely N-dealkylation sites (N-methyl/N-ethyl adjacent to an activating group) is 1. The van der Waals surface area contributed by atoms with Gasteiger partial charge in [0.1, 0.15) is 5.75 Å². The van der Waals surface area contributed by atoms with Crippen molar-refractivity contribution >= 4 is 0 Å². The van der Waals surface area contributed by atoms with Gasteiger partial charge in [-0.3, -0.25) is 4.90 Å². The van der Waals surface area contributed by atoms with Gasteiger partial charge < -0.3 is 14.7 Å². The molecular weight excluding hydrogens is 264 g/mol. The molecule has 0 aliphatic heterocycles. The van der Waals surface area contributed by atoms with E-state index >= 15 is 0 Å². The van der Waals surface area contributed by atoms with E-state index in [0.717, 1.165) is 37.4 Å². The first kappa shape index (κ1) is 18.0. The molecular formula is C17H30N2O2. The molecule has 1 aromatic rings. The van der Waals surface area contributed by atoms with Crippen molar-refractivity contribution in [2.45, 2.75) is 26.4 Å². The molecule has 1 aromatic carbocycles. The molecule has 0 radical (unpaired) electrons. The highest BCUT2D eigenvalue weighted by Gasteiger charge is 2.13. The Morgan fingerprint density at radius 1 is 1.05 bits per heavy atom. The lowest BCUT2D eigenvalue weighted by atomic mass is 10.1. The van der Waals surface area contributed by atoms with Gasteiger partial charge in [0.15, 0.2) is 0 Å². The number of benzene rings is 1. The minimum absolute atomic E-state index is 0.450. The predicted octanol–water partition coefficient (Wildman–Crippen LogP) is 2.39. The van der Waals surface area contributed by atoms with E-state index in [9.17, 15) is 5.11 Å². The van der Waals surface area contributed by atoms with Crippen molar-refractivity contribution in [3.8, 4) is 5.75 Å². The minimum Gasteiger partial charge on any atom is -0.494 e. The summed E-state index contributed by atoms with van der Waals surface area (Å²) in [6, 6.07) is 7.75. The Morgan fingerprint density at radius 3 is 2.24 bits per heavy atom. The van der Waals surface area contributed by atoms with Crippen molar-refractivity contribution in [2.75, 3.05) is 46.9 Å². The smallest absolute Gasteiger partial charge is 0.119 e. The van der Waals surface area contributed by atoms with E-state index in [0.29, 0.717) is 13.2 Å². The van der Waals surface area contributed by atoms with Crippen LogP contribution in [0.25, 0.3) is 0 Å². The Hall–Kier alpha value is -1.10. The van der Waals surface area contributed by atoms with Crippen LogP contribution >= 0.6 is 0 Å². The van der Waals surface area contributed by atoms with E-state index in [2.05, 4.69) is 30.8 Å². The van der Waals surface area contributed by atoms with Crippen LogP contribution in [0.1, 0.15) is 31.9 Å². The van der Waals surface area contributed by atoms with Gasteiger partial charge in [-0.1, -0.05) is 19.1 Å². The van der Waals surface area contributed by atoms with Crippen molar-refractivity contribution in [3.05, 3.63) is 29.8 Å². The molecule has 0 aliphatic rings.